The second-order valence-corrected chi connectivity index (χ2v) is 9.07. The molecule has 3 atom stereocenters. The number of aliphatic hydroxyl groups is 1. The third-order valence-corrected chi connectivity index (χ3v) is 7.51. The van der Waals surface area contributed by atoms with Crippen LogP contribution in [0.25, 0.3) is 0 Å². The van der Waals surface area contributed by atoms with Crippen LogP contribution in [0.2, 0.25) is 0 Å². The minimum atomic E-state index is -3.46. The van der Waals surface area contributed by atoms with Gasteiger partial charge in [-0.05, 0) is 42.7 Å². The molecule has 2 fully saturated rings. The molecule has 22 heavy (non-hydrogen) atoms. The summed E-state index contributed by atoms with van der Waals surface area (Å²) < 4.78 is 27.7. The zero-order valence-corrected chi connectivity index (χ0v) is 13.9. The normalized spacial score (nSPS) is 33.2. The van der Waals surface area contributed by atoms with E-state index in [0.29, 0.717) is 11.6 Å². The van der Waals surface area contributed by atoms with Crippen LogP contribution >= 0.6 is 0 Å². The third kappa shape index (κ3) is 2.47. The molecule has 0 aromatic carbocycles. The van der Waals surface area contributed by atoms with Crippen molar-refractivity contribution in [2.75, 3.05) is 5.75 Å². The lowest BCUT2D eigenvalue weighted by molar-refractivity contribution is 0.0152. The van der Waals surface area contributed by atoms with Crippen LogP contribution < -0.4 is 4.72 Å². The lowest BCUT2D eigenvalue weighted by Crippen LogP contribution is -2.47. The Balaban J connectivity index is 1.74. The van der Waals surface area contributed by atoms with Gasteiger partial charge in [-0.15, -0.1) is 0 Å². The highest BCUT2D eigenvalue weighted by Crippen LogP contribution is 2.65. The first-order chi connectivity index (χ1) is 10.3. The number of aliphatic hydroxyl groups excluding tert-OH is 1. The number of pyridine rings is 1. The molecule has 6 heteroatoms. The number of sulfonamides is 1. The number of hydrogen-bond donors (Lipinski definition) is 2. The molecule has 2 aliphatic rings. The molecule has 2 N–H and O–H groups in total. The number of nitrogens with zero attached hydrogens (tertiary/aromatic N) is 1. The van der Waals surface area contributed by atoms with Crippen LogP contribution in [0.5, 0.6) is 0 Å². The predicted molar refractivity (Wildman–Crippen MR) is 84.4 cm³/mol. The molecule has 1 heterocycles. The second kappa shape index (κ2) is 5.28. The van der Waals surface area contributed by atoms with E-state index in [4.69, 9.17) is 0 Å². The van der Waals surface area contributed by atoms with Gasteiger partial charge in [0.05, 0.1) is 24.1 Å². The van der Waals surface area contributed by atoms with E-state index in [-0.39, 0.29) is 17.7 Å². The van der Waals surface area contributed by atoms with Crippen molar-refractivity contribution in [1.29, 1.82) is 0 Å². The summed E-state index contributed by atoms with van der Waals surface area (Å²) in [6.45, 7) is 4.41. The molecular formula is C16H24N2O3S. The van der Waals surface area contributed by atoms with Crippen LogP contribution in [-0.4, -0.2) is 30.4 Å². The molecule has 0 aliphatic heterocycles. The maximum atomic E-state index is 12.5. The van der Waals surface area contributed by atoms with E-state index < -0.39 is 21.5 Å². The number of nitrogens with one attached hydrogen (secondary N) is 1. The van der Waals surface area contributed by atoms with Crippen molar-refractivity contribution in [3.8, 4) is 0 Å². The Hall–Kier alpha value is -0.980. The molecule has 3 rings (SSSR count). The number of aromatic nitrogens is 1. The predicted octanol–water partition coefficient (Wildman–Crippen LogP) is 1.69. The Labute approximate surface area is 132 Å². The Morgan fingerprint density at radius 1 is 1.41 bits per heavy atom. The molecule has 0 radical (unpaired) electrons. The number of rotatable bonds is 5. The summed E-state index contributed by atoms with van der Waals surface area (Å²) in [6.07, 6.45) is 3.65. The molecule has 1 aromatic heterocycles. The van der Waals surface area contributed by atoms with Crippen LogP contribution in [0.1, 0.15) is 38.8 Å². The number of hydrogen-bond acceptors (Lipinski definition) is 4. The smallest absolute Gasteiger partial charge is 0.212 e. The van der Waals surface area contributed by atoms with Crippen molar-refractivity contribution in [1.82, 2.24) is 9.71 Å². The van der Waals surface area contributed by atoms with Gasteiger partial charge in [0.15, 0.2) is 0 Å². The Kier molecular flexibility index (Phi) is 3.82. The molecule has 0 spiro atoms. The van der Waals surface area contributed by atoms with Crippen molar-refractivity contribution < 1.29 is 13.5 Å². The fourth-order valence-corrected chi connectivity index (χ4v) is 6.31. The van der Waals surface area contributed by atoms with Crippen molar-refractivity contribution in [3.63, 3.8) is 0 Å². The van der Waals surface area contributed by atoms with Crippen LogP contribution in [0.15, 0.2) is 24.4 Å². The third-order valence-electron chi connectivity index (χ3n) is 6.04. The molecule has 122 valence electrons. The summed E-state index contributed by atoms with van der Waals surface area (Å²) in [6, 6.07) is 5.43. The lowest BCUT2D eigenvalue weighted by atomic mass is 9.70. The van der Waals surface area contributed by atoms with Crippen molar-refractivity contribution in [2.24, 2.45) is 16.7 Å². The second-order valence-electron chi connectivity index (χ2n) is 7.27. The van der Waals surface area contributed by atoms with Gasteiger partial charge in [0.25, 0.3) is 0 Å². The molecule has 2 saturated carbocycles. The van der Waals surface area contributed by atoms with Crippen molar-refractivity contribution >= 4 is 10.0 Å². The van der Waals surface area contributed by atoms with Gasteiger partial charge >= 0.3 is 0 Å². The van der Waals surface area contributed by atoms with Crippen LogP contribution in [0.4, 0.5) is 0 Å². The first-order valence-electron chi connectivity index (χ1n) is 7.82. The Morgan fingerprint density at radius 3 is 2.73 bits per heavy atom. The first-order valence-corrected chi connectivity index (χ1v) is 9.47. The Bertz CT molecular complexity index is 645. The zero-order valence-electron chi connectivity index (χ0n) is 13.1. The minimum Gasteiger partial charge on any atom is -0.392 e. The van der Waals surface area contributed by atoms with Gasteiger partial charge in [-0.1, -0.05) is 19.9 Å². The van der Waals surface area contributed by atoms with E-state index in [9.17, 15) is 13.5 Å². The number of fused-ring (bicyclic) bond motifs is 2. The molecule has 0 amide bonds. The van der Waals surface area contributed by atoms with E-state index in [1.54, 1.807) is 18.3 Å². The molecule has 0 unspecified atom stereocenters. The lowest BCUT2D eigenvalue weighted by Gasteiger charge is -2.40. The molecule has 0 saturated heterocycles. The quantitative estimate of drug-likeness (QED) is 0.864. The topological polar surface area (TPSA) is 79.3 Å². The maximum absolute atomic E-state index is 12.5. The average molecular weight is 324 g/mol. The summed E-state index contributed by atoms with van der Waals surface area (Å²) in [7, 11) is -3.46. The van der Waals surface area contributed by atoms with Gasteiger partial charge in [-0.3, -0.25) is 4.98 Å². The summed E-state index contributed by atoms with van der Waals surface area (Å²) in [5, 5.41) is 10.4. The molecule has 5 nitrogen and oxygen atoms in total. The standard InChI is InChI=1S/C16H24N2O3S/c1-15(2)12-6-7-16(15,14(19)9-12)11-22(20,21)18-10-13-5-3-4-8-17-13/h3-5,8,12,14,18-19H,6-7,9-11H2,1-2H3/t12-,14-,16-/m1/s1. The minimum absolute atomic E-state index is 0.00248. The monoisotopic (exact) mass is 324 g/mol. The van der Waals surface area contributed by atoms with E-state index in [1.807, 2.05) is 6.07 Å². The zero-order chi connectivity index (χ0) is 16.0. The molecule has 1 aromatic rings. The fraction of sp³-hybridized carbons (Fsp3) is 0.688. The van der Waals surface area contributed by atoms with Gasteiger partial charge in [-0.2, -0.15) is 0 Å². The van der Waals surface area contributed by atoms with Gasteiger partial charge < -0.3 is 5.11 Å². The van der Waals surface area contributed by atoms with Crippen LogP contribution in [0, 0.1) is 16.7 Å². The van der Waals surface area contributed by atoms with Crippen molar-refractivity contribution in [2.45, 2.75) is 45.8 Å². The highest BCUT2D eigenvalue weighted by atomic mass is 32.2. The SMILES string of the molecule is CC1(C)[C@@H]2CC[C@@]1(CS(=O)(=O)NCc1ccccn1)[C@H](O)C2. The summed E-state index contributed by atoms with van der Waals surface area (Å²) in [5.74, 6) is 0.422. The van der Waals surface area contributed by atoms with Gasteiger partial charge in [0.1, 0.15) is 0 Å². The van der Waals surface area contributed by atoms with Crippen molar-refractivity contribution in [3.05, 3.63) is 30.1 Å². The molecular weight excluding hydrogens is 300 g/mol. The van der Waals surface area contributed by atoms with Crippen LogP contribution in [-0.2, 0) is 16.6 Å². The Morgan fingerprint density at radius 2 is 2.18 bits per heavy atom. The van der Waals surface area contributed by atoms with Gasteiger partial charge in [0.2, 0.25) is 10.0 Å². The summed E-state index contributed by atoms with van der Waals surface area (Å²) in [5.41, 5.74) is 0.0406. The molecule has 2 aliphatic carbocycles. The average Bonchev–Trinajstić information content (AvgIpc) is 2.80. The van der Waals surface area contributed by atoms with Gasteiger partial charge in [-0.25, -0.2) is 13.1 Å². The summed E-state index contributed by atoms with van der Waals surface area (Å²) >= 11 is 0. The highest BCUT2D eigenvalue weighted by molar-refractivity contribution is 7.89. The maximum Gasteiger partial charge on any atom is 0.212 e. The largest absolute Gasteiger partial charge is 0.392 e. The van der Waals surface area contributed by atoms with Gasteiger partial charge in [0, 0.05) is 11.6 Å². The van der Waals surface area contributed by atoms with Crippen LogP contribution in [0.3, 0.4) is 0 Å². The fourth-order valence-electron chi connectivity index (χ4n) is 4.46. The van der Waals surface area contributed by atoms with E-state index in [1.165, 1.54) is 0 Å². The van der Waals surface area contributed by atoms with E-state index in [0.717, 1.165) is 19.3 Å². The first kappa shape index (κ1) is 15.9. The summed E-state index contributed by atoms with van der Waals surface area (Å²) in [4.78, 5) is 4.13. The van der Waals surface area contributed by atoms with E-state index >= 15 is 0 Å². The van der Waals surface area contributed by atoms with E-state index in [2.05, 4.69) is 23.6 Å². The molecule has 2 bridgehead atoms. The highest BCUT2D eigenvalue weighted by Gasteiger charge is 2.64.